The van der Waals surface area contributed by atoms with E-state index in [9.17, 15) is 0 Å². The highest BCUT2D eigenvalue weighted by Crippen LogP contribution is 2.57. The predicted octanol–water partition coefficient (Wildman–Crippen LogP) is 43.7. The second-order valence-electron chi connectivity index (χ2n) is 44.4. The molecule has 28 rings (SSSR count). The lowest BCUT2D eigenvalue weighted by molar-refractivity contribution is 0.596. The van der Waals surface area contributed by atoms with Crippen LogP contribution in [0.2, 0.25) is 0 Å². The molecule has 8 heteroatoms. The summed E-state index contributed by atoms with van der Waals surface area (Å²) in [4.78, 5) is 0. The van der Waals surface area contributed by atoms with Crippen molar-refractivity contribution in [1.82, 2.24) is 9.13 Å². The summed E-state index contributed by atoms with van der Waals surface area (Å²) in [7, 11) is 0. The number of thiophene rings is 6. The molecule has 0 atom stereocenters. The van der Waals surface area contributed by atoms with Gasteiger partial charge >= 0.3 is 0 Å². The Balaban J connectivity index is 0.0000000997. The Kier molecular flexibility index (Phi) is 24.5. The molecule has 0 saturated carbocycles. The maximum absolute atomic E-state index is 2.46. The van der Waals surface area contributed by atoms with Crippen molar-refractivity contribution in [3.05, 3.63) is 459 Å². The van der Waals surface area contributed by atoms with Crippen LogP contribution in [-0.4, -0.2) is 9.13 Å². The molecule has 148 heavy (non-hydrogen) atoms. The van der Waals surface area contributed by atoms with Crippen LogP contribution in [0.25, 0.3) is 232 Å². The summed E-state index contributed by atoms with van der Waals surface area (Å²) in [5.74, 6) is 0. The molecule has 0 aliphatic heterocycles. The van der Waals surface area contributed by atoms with Crippen molar-refractivity contribution in [2.24, 2.45) is 0 Å². The Morgan fingerprint density at radius 3 is 0.804 bits per heavy atom. The maximum Gasteiger partial charge on any atom is 0.0547 e. The van der Waals surface area contributed by atoms with E-state index in [1.807, 2.05) is 68.0 Å². The van der Waals surface area contributed by atoms with Crippen molar-refractivity contribution in [3.8, 4) is 67.0 Å². The molecule has 28 aromatic rings. The fraction of sp³-hybridized carbons (Fsp3) is 0.143. The van der Waals surface area contributed by atoms with E-state index >= 15 is 0 Å². The van der Waals surface area contributed by atoms with Gasteiger partial charge in [-0.25, -0.2) is 0 Å². The Morgan fingerprint density at radius 1 is 0.155 bits per heavy atom. The maximum atomic E-state index is 2.46. The molecule has 8 aromatic heterocycles. The van der Waals surface area contributed by atoms with Crippen molar-refractivity contribution >= 4 is 233 Å². The molecular weight excluding hydrogens is 1900 g/mol. The van der Waals surface area contributed by atoms with E-state index in [1.165, 1.54) is 259 Å². The molecule has 0 amide bonds. The van der Waals surface area contributed by atoms with Crippen molar-refractivity contribution in [3.63, 3.8) is 0 Å². The van der Waals surface area contributed by atoms with E-state index in [0.717, 1.165) is 0 Å². The highest BCUT2D eigenvalue weighted by Gasteiger charge is 2.34. The Morgan fingerprint density at radius 2 is 0.432 bits per heavy atom. The van der Waals surface area contributed by atoms with Gasteiger partial charge in [-0.1, -0.05) is 431 Å². The molecule has 0 saturated heterocycles. The van der Waals surface area contributed by atoms with Crippen LogP contribution in [0.4, 0.5) is 0 Å². The van der Waals surface area contributed by atoms with Gasteiger partial charge in [0, 0.05) is 154 Å². The van der Waals surface area contributed by atoms with Crippen LogP contribution in [0.15, 0.2) is 431 Å². The lowest BCUT2D eigenvalue weighted by atomic mass is 9.78. The third-order valence-corrected chi connectivity index (χ3v) is 36.1. The number of aromatic nitrogens is 2. The molecule has 0 unspecified atom stereocenters. The minimum Gasteiger partial charge on any atom is -0.309 e. The molecule has 0 spiro atoms. The van der Waals surface area contributed by atoms with Gasteiger partial charge in [-0.15, -0.1) is 68.0 Å². The lowest BCUT2D eigenvalue weighted by Gasteiger charge is -2.25. The quantitative estimate of drug-likeness (QED) is 0.151. The van der Waals surface area contributed by atoms with E-state index in [-0.39, 0.29) is 27.1 Å². The smallest absolute Gasteiger partial charge is 0.0547 e. The number of nitrogens with zero attached hydrogens (tertiary/aromatic N) is 2. The summed E-state index contributed by atoms with van der Waals surface area (Å²) < 4.78 is 21.7. The van der Waals surface area contributed by atoms with Crippen molar-refractivity contribution in [2.75, 3.05) is 0 Å². The third-order valence-electron chi connectivity index (χ3n) is 29.3. The Bertz CT molecular complexity index is 9620. The summed E-state index contributed by atoms with van der Waals surface area (Å²) in [5.41, 5.74) is 27.7. The van der Waals surface area contributed by atoms with Gasteiger partial charge in [0.2, 0.25) is 0 Å². The standard InChI is InChI=1S/C34H29N.C34H26S2.C28H25N.2C22H18S2/c1-34(2,3)33-28(25-16-9-5-10-17-25)22-23-30-32(33)31-27(24-14-7-4-8-15-24)20-13-21-29(31)35(30)26-18-11-6-12-19-26;1-34(2,3)33-31-27(35-25-18-10-16-23(29(25)31)21-12-6-4-7-13-21)20-28-32(33)30-24(17-11-19-26(30)36-28)22-14-8-5-9-15-22;1-28(2,3)23-17-11-19-25-27(23)26-22(20-12-6-4-7-13-20)16-10-18-24(26)29(25)21-14-8-5-9-15-21;1-22(2,3)19-20-15(13-8-4-6-10-17(13)23-20)12-16-14-9-5-7-11-18(14)24-21(16)19;1-22(2,3)21-19-13-8-4-6-10-15(13)23-17(19)12-18-20(21)14-9-5-7-11-16(14)24-18/h4-23H,1-3H3;4-20H,1-3H3;4-19H,1-3H3;2*4-12H,1-3H3. The largest absolute Gasteiger partial charge is 0.309 e. The number of hydrogen-bond donors (Lipinski definition) is 0. The average Bonchev–Trinajstić information content (AvgIpc) is 1.55. The number of para-hydroxylation sites is 2. The molecule has 20 aromatic carbocycles. The fourth-order valence-corrected chi connectivity index (χ4v) is 31.0. The van der Waals surface area contributed by atoms with Gasteiger partial charge in [0.1, 0.15) is 0 Å². The monoisotopic (exact) mass is 2020 g/mol. The average molecular weight is 2020 g/mol. The van der Waals surface area contributed by atoms with E-state index < -0.39 is 0 Å². The fourth-order valence-electron chi connectivity index (χ4n) is 23.3. The summed E-state index contributed by atoms with van der Waals surface area (Å²) in [5, 5.41) is 22.3. The van der Waals surface area contributed by atoms with Crippen LogP contribution in [0.1, 0.15) is 132 Å². The number of benzene rings is 20. The SMILES string of the molecule is CC(C)(C)c1c(-c2ccccc2)ccc2c1c1c(-c3ccccc3)cccc1n2-c1ccccc1.CC(C)(C)c1c2c(cc3sc4cccc(-c5ccccc5)c4c13)sc1cccc(-c3ccccc3)c12.CC(C)(C)c1c2c(cc3sc4ccccc4c13)sc1ccccc12.CC(C)(C)c1c2sc3ccccc3c2cc2c1sc1ccccc12.CC(C)(C)c1cccc2c1c1c(-c3ccccc3)cccc1n2-c1ccccc1. The van der Waals surface area contributed by atoms with Gasteiger partial charge in [0.05, 0.1) is 22.1 Å². The summed E-state index contributed by atoms with van der Waals surface area (Å²) in [6, 6.07) is 156. The van der Waals surface area contributed by atoms with Gasteiger partial charge in [-0.05, 0) is 214 Å². The van der Waals surface area contributed by atoms with Gasteiger partial charge in [-0.3, -0.25) is 0 Å². The molecule has 0 radical (unpaired) electrons. The van der Waals surface area contributed by atoms with Crippen molar-refractivity contribution in [2.45, 2.75) is 131 Å². The highest BCUT2D eigenvalue weighted by molar-refractivity contribution is 7.30. The lowest BCUT2D eigenvalue weighted by Crippen LogP contribution is -2.13. The first kappa shape index (κ1) is 95.5. The van der Waals surface area contributed by atoms with E-state index in [2.05, 4.69) is 544 Å². The number of rotatable bonds is 7. The molecule has 0 aliphatic rings. The molecule has 0 fully saturated rings. The van der Waals surface area contributed by atoms with Gasteiger partial charge < -0.3 is 9.13 Å². The first-order valence-corrected chi connectivity index (χ1v) is 56.5. The molecule has 8 heterocycles. The van der Waals surface area contributed by atoms with Gasteiger partial charge in [0.15, 0.2) is 0 Å². The zero-order chi connectivity index (χ0) is 101. The van der Waals surface area contributed by atoms with Gasteiger partial charge in [0.25, 0.3) is 0 Å². The number of hydrogen-bond acceptors (Lipinski definition) is 6. The molecule has 2 nitrogen and oxygen atoms in total. The normalized spacial score (nSPS) is 12.3. The topological polar surface area (TPSA) is 9.86 Å². The molecule has 0 aliphatic carbocycles. The van der Waals surface area contributed by atoms with E-state index in [0.29, 0.717) is 0 Å². The minimum atomic E-state index is -0.0513. The zero-order valence-corrected chi connectivity index (χ0v) is 91.2. The van der Waals surface area contributed by atoms with E-state index in [1.54, 1.807) is 0 Å². The van der Waals surface area contributed by atoms with Crippen molar-refractivity contribution < 1.29 is 0 Å². The predicted molar refractivity (Wildman–Crippen MR) is 659 cm³/mol. The first-order chi connectivity index (χ1) is 71.7. The van der Waals surface area contributed by atoms with E-state index in [4.69, 9.17) is 0 Å². The minimum absolute atomic E-state index is 0.0205. The molecule has 0 bridgehead atoms. The summed E-state index contributed by atoms with van der Waals surface area (Å²) in [6.45, 7) is 35.1. The van der Waals surface area contributed by atoms with Crippen molar-refractivity contribution in [1.29, 1.82) is 0 Å². The third kappa shape index (κ3) is 17.0. The number of fused-ring (bicyclic) bond motifs is 24. The Labute approximate surface area is 890 Å². The van der Waals surface area contributed by atoms with Crippen LogP contribution in [0.5, 0.6) is 0 Å². The molecule has 0 N–H and O–H groups in total. The zero-order valence-electron chi connectivity index (χ0n) is 86.3. The van der Waals surface area contributed by atoms with Crippen LogP contribution < -0.4 is 0 Å². The second-order valence-corrected chi connectivity index (χ2v) is 50.8. The van der Waals surface area contributed by atoms with Crippen LogP contribution in [-0.2, 0) is 27.1 Å². The van der Waals surface area contributed by atoms with Crippen LogP contribution in [0, 0.1) is 0 Å². The summed E-state index contributed by atoms with van der Waals surface area (Å²) >= 11 is 11.6. The van der Waals surface area contributed by atoms with Crippen LogP contribution >= 0.6 is 68.0 Å². The second kappa shape index (κ2) is 37.9. The summed E-state index contributed by atoms with van der Waals surface area (Å²) in [6.07, 6.45) is 0. The first-order valence-electron chi connectivity index (χ1n) is 51.6. The Hall–Kier alpha value is -14.7. The van der Waals surface area contributed by atoms with Crippen LogP contribution in [0.3, 0.4) is 0 Å². The van der Waals surface area contributed by atoms with Gasteiger partial charge in [-0.2, -0.15) is 0 Å². The molecular formula is C140H116N2S6. The molecule has 722 valence electrons. The highest BCUT2D eigenvalue weighted by atomic mass is 32.1.